The van der Waals surface area contributed by atoms with Gasteiger partial charge < -0.3 is 15.0 Å². The summed E-state index contributed by atoms with van der Waals surface area (Å²) in [6, 6.07) is 9.27. The fourth-order valence-electron chi connectivity index (χ4n) is 2.82. The molecule has 0 atom stereocenters. The van der Waals surface area contributed by atoms with Crippen molar-refractivity contribution in [1.82, 2.24) is 10.2 Å². The number of methoxy groups -OCH3 is 1. The van der Waals surface area contributed by atoms with Crippen LogP contribution in [0.4, 0.5) is 11.5 Å². The summed E-state index contributed by atoms with van der Waals surface area (Å²) in [4.78, 5) is 24.8. The monoisotopic (exact) mass is 326 g/mol. The van der Waals surface area contributed by atoms with Gasteiger partial charge in [-0.3, -0.25) is 4.79 Å². The third-order valence-corrected chi connectivity index (χ3v) is 3.95. The lowest BCUT2D eigenvalue weighted by Crippen LogP contribution is -2.32. The number of anilines is 2. The molecule has 1 aliphatic heterocycles. The maximum Gasteiger partial charge on any atom is 0.358 e. The Kier molecular flexibility index (Phi) is 4.41. The van der Waals surface area contributed by atoms with Crippen LogP contribution in [0.1, 0.15) is 28.5 Å². The number of carbonyl (C=O) groups excluding carboxylic acids is 2. The molecule has 24 heavy (non-hydrogen) atoms. The number of esters is 1. The zero-order valence-electron chi connectivity index (χ0n) is 13.6. The van der Waals surface area contributed by atoms with Crippen LogP contribution in [0, 0.1) is 0 Å². The molecule has 7 heteroatoms. The molecule has 0 aliphatic carbocycles. The van der Waals surface area contributed by atoms with Gasteiger partial charge in [-0.15, -0.1) is 10.2 Å². The fraction of sp³-hybridized carbons (Fsp3) is 0.294. The Morgan fingerprint density at radius 1 is 1.21 bits per heavy atom. The number of hydrogen-bond acceptors (Lipinski definition) is 6. The standard InChI is InChI=1S/C17H18N4O3/c1-11(22)18-14-5-3-4-12-10-21(9-8-13(12)14)16-7-6-15(19-20-16)17(23)24-2/h3-7H,8-10H2,1-2H3,(H,18,22). The van der Waals surface area contributed by atoms with Gasteiger partial charge in [0.1, 0.15) is 0 Å². The molecule has 124 valence electrons. The summed E-state index contributed by atoms with van der Waals surface area (Å²) in [5.41, 5.74) is 3.35. The van der Waals surface area contributed by atoms with Gasteiger partial charge in [0.2, 0.25) is 5.91 Å². The van der Waals surface area contributed by atoms with Crippen LogP contribution in [-0.4, -0.2) is 35.7 Å². The quantitative estimate of drug-likeness (QED) is 0.866. The van der Waals surface area contributed by atoms with Gasteiger partial charge in [-0.2, -0.15) is 0 Å². The number of fused-ring (bicyclic) bond motifs is 1. The van der Waals surface area contributed by atoms with E-state index in [2.05, 4.69) is 25.2 Å². The number of hydrogen-bond donors (Lipinski definition) is 1. The van der Waals surface area contributed by atoms with E-state index in [9.17, 15) is 9.59 Å². The number of ether oxygens (including phenoxy) is 1. The highest BCUT2D eigenvalue weighted by molar-refractivity contribution is 5.90. The summed E-state index contributed by atoms with van der Waals surface area (Å²) in [6.45, 7) is 2.94. The van der Waals surface area contributed by atoms with Crippen LogP contribution in [0.3, 0.4) is 0 Å². The number of rotatable bonds is 3. The van der Waals surface area contributed by atoms with E-state index in [-0.39, 0.29) is 11.6 Å². The molecule has 1 aliphatic rings. The summed E-state index contributed by atoms with van der Waals surface area (Å²) in [5.74, 6) is 0.131. The van der Waals surface area contributed by atoms with Crippen molar-refractivity contribution in [3.05, 3.63) is 47.2 Å². The van der Waals surface area contributed by atoms with E-state index >= 15 is 0 Å². The Morgan fingerprint density at radius 2 is 2.04 bits per heavy atom. The smallest absolute Gasteiger partial charge is 0.358 e. The van der Waals surface area contributed by atoms with E-state index in [0.29, 0.717) is 12.4 Å². The van der Waals surface area contributed by atoms with Crippen LogP contribution in [0.25, 0.3) is 0 Å². The molecule has 0 radical (unpaired) electrons. The summed E-state index contributed by atoms with van der Waals surface area (Å²) >= 11 is 0. The first kappa shape index (κ1) is 15.9. The van der Waals surface area contributed by atoms with E-state index in [1.165, 1.54) is 14.0 Å². The Bertz CT molecular complexity index is 774. The lowest BCUT2D eigenvalue weighted by atomic mass is 9.97. The van der Waals surface area contributed by atoms with Crippen molar-refractivity contribution >= 4 is 23.4 Å². The summed E-state index contributed by atoms with van der Waals surface area (Å²) in [7, 11) is 1.31. The van der Waals surface area contributed by atoms with Crippen LogP contribution in [-0.2, 0) is 22.5 Å². The number of nitrogens with one attached hydrogen (secondary N) is 1. The molecule has 0 unspecified atom stereocenters. The van der Waals surface area contributed by atoms with E-state index in [4.69, 9.17) is 0 Å². The SMILES string of the molecule is COC(=O)c1ccc(N2CCc3c(cccc3NC(C)=O)C2)nn1. The minimum absolute atomic E-state index is 0.0740. The molecule has 1 amide bonds. The molecule has 2 heterocycles. The predicted molar refractivity (Wildman–Crippen MR) is 88.9 cm³/mol. The van der Waals surface area contributed by atoms with E-state index < -0.39 is 5.97 Å². The first-order valence-corrected chi connectivity index (χ1v) is 7.64. The van der Waals surface area contributed by atoms with Crippen LogP contribution >= 0.6 is 0 Å². The number of carbonyl (C=O) groups is 2. The third-order valence-electron chi connectivity index (χ3n) is 3.95. The van der Waals surface area contributed by atoms with Gasteiger partial charge in [-0.05, 0) is 35.7 Å². The molecule has 1 aromatic carbocycles. The number of amides is 1. The topological polar surface area (TPSA) is 84.4 Å². The molecule has 0 saturated carbocycles. The van der Waals surface area contributed by atoms with Gasteiger partial charge in [0, 0.05) is 25.7 Å². The number of nitrogens with zero attached hydrogens (tertiary/aromatic N) is 3. The van der Waals surface area contributed by atoms with E-state index in [1.54, 1.807) is 12.1 Å². The van der Waals surface area contributed by atoms with Crippen LogP contribution < -0.4 is 10.2 Å². The van der Waals surface area contributed by atoms with Gasteiger partial charge in [0.05, 0.1) is 7.11 Å². The van der Waals surface area contributed by atoms with Crippen molar-refractivity contribution in [3.8, 4) is 0 Å². The maximum atomic E-state index is 11.4. The highest BCUT2D eigenvalue weighted by Gasteiger charge is 2.21. The highest BCUT2D eigenvalue weighted by Crippen LogP contribution is 2.28. The van der Waals surface area contributed by atoms with Crippen LogP contribution in [0.5, 0.6) is 0 Å². The Morgan fingerprint density at radius 3 is 2.71 bits per heavy atom. The zero-order valence-corrected chi connectivity index (χ0v) is 13.6. The number of aromatic nitrogens is 2. The largest absolute Gasteiger partial charge is 0.464 e. The normalized spacial score (nSPS) is 13.2. The lowest BCUT2D eigenvalue weighted by molar-refractivity contribution is -0.114. The molecule has 1 aromatic heterocycles. The Hall–Kier alpha value is -2.96. The molecule has 0 spiro atoms. The van der Waals surface area contributed by atoms with Crippen molar-refractivity contribution in [2.24, 2.45) is 0 Å². The van der Waals surface area contributed by atoms with Gasteiger partial charge >= 0.3 is 5.97 Å². The fourth-order valence-corrected chi connectivity index (χ4v) is 2.82. The van der Waals surface area contributed by atoms with Crippen LogP contribution in [0.2, 0.25) is 0 Å². The minimum atomic E-state index is -0.502. The molecular weight excluding hydrogens is 308 g/mol. The molecule has 1 N–H and O–H groups in total. The molecule has 0 saturated heterocycles. The van der Waals surface area contributed by atoms with Crippen molar-refractivity contribution in [2.45, 2.75) is 19.9 Å². The van der Waals surface area contributed by atoms with Crippen molar-refractivity contribution in [2.75, 3.05) is 23.9 Å². The first-order valence-electron chi connectivity index (χ1n) is 7.64. The lowest BCUT2D eigenvalue weighted by Gasteiger charge is -2.30. The van der Waals surface area contributed by atoms with Gasteiger partial charge in [-0.1, -0.05) is 12.1 Å². The summed E-state index contributed by atoms with van der Waals surface area (Å²) in [5, 5.41) is 10.9. The average molecular weight is 326 g/mol. The Balaban J connectivity index is 1.80. The van der Waals surface area contributed by atoms with E-state index in [1.807, 2.05) is 18.2 Å². The van der Waals surface area contributed by atoms with Gasteiger partial charge in [-0.25, -0.2) is 4.79 Å². The van der Waals surface area contributed by atoms with Crippen molar-refractivity contribution < 1.29 is 14.3 Å². The van der Waals surface area contributed by atoms with Gasteiger partial charge in [0.25, 0.3) is 0 Å². The second-order valence-corrected chi connectivity index (χ2v) is 5.56. The second kappa shape index (κ2) is 6.66. The Labute approximate surface area is 139 Å². The molecular formula is C17H18N4O3. The third kappa shape index (κ3) is 3.19. The molecule has 0 bridgehead atoms. The molecule has 0 fully saturated rings. The first-order chi connectivity index (χ1) is 11.6. The summed E-state index contributed by atoms with van der Waals surface area (Å²) in [6.07, 6.45) is 0.798. The zero-order chi connectivity index (χ0) is 17.1. The van der Waals surface area contributed by atoms with E-state index in [0.717, 1.165) is 29.8 Å². The van der Waals surface area contributed by atoms with Gasteiger partial charge in [0.15, 0.2) is 11.5 Å². The second-order valence-electron chi connectivity index (χ2n) is 5.56. The predicted octanol–water partition coefficient (Wildman–Crippen LogP) is 1.78. The maximum absolute atomic E-state index is 11.4. The highest BCUT2D eigenvalue weighted by atomic mass is 16.5. The van der Waals surface area contributed by atoms with Crippen LogP contribution in [0.15, 0.2) is 30.3 Å². The molecule has 3 rings (SSSR count). The minimum Gasteiger partial charge on any atom is -0.464 e. The van der Waals surface area contributed by atoms with Crippen molar-refractivity contribution in [3.63, 3.8) is 0 Å². The molecule has 7 nitrogen and oxygen atoms in total. The summed E-state index contributed by atoms with van der Waals surface area (Å²) < 4.78 is 4.62. The molecule has 2 aromatic rings. The average Bonchev–Trinajstić information content (AvgIpc) is 2.60. The number of benzene rings is 1. The van der Waals surface area contributed by atoms with Crippen molar-refractivity contribution in [1.29, 1.82) is 0 Å².